The molecular weight excluding hydrogens is 256 g/mol. The summed E-state index contributed by atoms with van der Waals surface area (Å²) in [5.41, 5.74) is 3.00. The minimum Gasteiger partial charge on any atom is -0.381 e. The number of halogens is 2. The van der Waals surface area contributed by atoms with Gasteiger partial charge in [-0.1, -0.05) is 11.8 Å². The Morgan fingerprint density at radius 3 is 2.61 bits per heavy atom. The zero-order valence-corrected chi connectivity index (χ0v) is 10.6. The molecule has 0 amide bonds. The number of thioether (sulfide) groups is 1. The lowest BCUT2D eigenvalue weighted by molar-refractivity contribution is 0.252. The van der Waals surface area contributed by atoms with E-state index in [4.69, 9.17) is 0 Å². The van der Waals surface area contributed by atoms with Crippen LogP contribution in [0.5, 0.6) is 0 Å². The van der Waals surface area contributed by atoms with Crippen LogP contribution in [-0.2, 0) is 6.54 Å². The molecule has 3 nitrogen and oxygen atoms in total. The van der Waals surface area contributed by atoms with Gasteiger partial charge in [-0.15, -0.1) is 0 Å². The Morgan fingerprint density at radius 1 is 1.33 bits per heavy atom. The van der Waals surface area contributed by atoms with Crippen LogP contribution in [0.25, 0.3) is 0 Å². The molecule has 0 saturated carbocycles. The van der Waals surface area contributed by atoms with Crippen LogP contribution in [0.3, 0.4) is 0 Å². The lowest BCUT2D eigenvalue weighted by Gasteiger charge is -2.06. The predicted octanol–water partition coefficient (Wildman–Crippen LogP) is 3.64. The summed E-state index contributed by atoms with van der Waals surface area (Å²) in [6.07, 6.45) is 1.77. The molecule has 2 N–H and O–H groups in total. The van der Waals surface area contributed by atoms with Gasteiger partial charge in [0.2, 0.25) is 0 Å². The first-order valence-corrected chi connectivity index (χ1v) is 6.30. The minimum absolute atomic E-state index is 0.549. The standard InChI is InChI=1S/C12H13F2N3S/c1-8-9(7-16-17-8)6-15-10-2-4-11(5-3-10)18-12(13)14/h2-5,7,12,15H,6H2,1H3,(H,16,17). The van der Waals surface area contributed by atoms with Crippen LogP contribution in [0, 0.1) is 6.92 Å². The zero-order chi connectivity index (χ0) is 13.0. The quantitative estimate of drug-likeness (QED) is 0.814. The summed E-state index contributed by atoms with van der Waals surface area (Å²) in [6.45, 7) is 2.61. The van der Waals surface area contributed by atoms with Crippen molar-refractivity contribution >= 4 is 17.4 Å². The second-order valence-corrected chi connectivity index (χ2v) is 4.84. The van der Waals surface area contributed by atoms with E-state index in [9.17, 15) is 8.78 Å². The molecule has 0 unspecified atom stereocenters. The van der Waals surface area contributed by atoms with Gasteiger partial charge in [-0.05, 0) is 31.2 Å². The summed E-state index contributed by atoms with van der Waals surface area (Å²) in [5.74, 6) is -2.38. The van der Waals surface area contributed by atoms with Crippen LogP contribution in [0.15, 0.2) is 35.4 Å². The first-order valence-electron chi connectivity index (χ1n) is 5.43. The highest BCUT2D eigenvalue weighted by atomic mass is 32.2. The summed E-state index contributed by atoms with van der Waals surface area (Å²) in [5, 5.41) is 10.00. The van der Waals surface area contributed by atoms with Gasteiger partial charge >= 0.3 is 0 Å². The summed E-state index contributed by atoms with van der Waals surface area (Å²) in [7, 11) is 0. The van der Waals surface area contributed by atoms with E-state index in [1.165, 1.54) is 0 Å². The van der Waals surface area contributed by atoms with Crippen molar-refractivity contribution in [2.75, 3.05) is 5.32 Å². The molecule has 0 aliphatic rings. The molecule has 0 atom stereocenters. The molecule has 2 rings (SSSR count). The SMILES string of the molecule is Cc1[nH]ncc1CNc1ccc(SC(F)F)cc1. The fraction of sp³-hybridized carbons (Fsp3) is 0.250. The highest BCUT2D eigenvalue weighted by molar-refractivity contribution is 7.99. The monoisotopic (exact) mass is 269 g/mol. The van der Waals surface area contributed by atoms with Crippen LogP contribution >= 0.6 is 11.8 Å². The van der Waals surface area contributed by atoms with Crippen LogP contribution in [0.1, 0.15) is 11.3 Å². The lowest BCUT2D eigenvalue weighted by atomic mass is 10.2. The molecule has 96 valence electrons. The minimum atomic E-state index is -2.38. The first kappa shape index (κ1) is 12.9. The van der Waals surface area contributed by atoms with Crippen LogP contribution < -0.4 is 5.32 Å². The molecule has 18 heavy (non-hydrogen) atoms. The Hall–Kier alpha value is -1.56. The molecular formula is C12H13F2N3S. The van der Waals surface area contributed by atoms with Gasteiger partial charge in [0.05, 0.1) is 6.20 Å². The van der Waals surface area contributed by atoms with E-state index < -0.39 is 5.76 Å². The molecule has 0 aliphatic carbocycles. The van der Waals surface area contributed by atoms with Crippen molar-refractivity contribution in [3.8, 4) is 0 Å². The molecule has 6 heteroatoms. The topological polar surface area (TPSA) is 40.7 Å². The van der Waals surface area contributed by atoms with Gasteiger partial charge in [-0.25, -0.2) is 0 Å². The number of nitrogens with one attached hydrogen (secondary N) is 2. The van der Waals surface area contributed by atoms with Crippen LogP contribution in [-0.4, -0.2) is 16.0 Å². The van der Waals surface area contributed by atoms with Crippen molar-refractivity contribution in [3.05, 3.63) is 41.7 Å². The summed E-state index contributed by atoms with van der Waals surface area (Å²) in [6, 6.07) is 6.95. The Kier molecular flexibility index (Phi) is 4.19. The maximum absolute atomic E-state index is 12.1. The smallest absolute Gasteiger partial charge is 0.288 e. The van der Waals surface area contributed by atoms with Crippen molar-refractivity contribution in [2.45, 2.75) is 24.1 Å². The van der Waals surface area contributed by atoms with Crippen molar-refractivity contribution in [1.29, 1.82) is 0 Å². The van der Waals surface area contributed by atoms with E-state index in [0.717, 1.165) is 16.9 Å². The maximum atomic E-state index is 12.1. The second kappa shape index (κ2) is 5.86. The third-order valence-electron chi connectivity index (χ3n) is 2.50. The third-order valence-corrected chi connectivity index (χ3v) is 3.22. The molecule has 0 saturated heterocycles. The van der Waals surface area contributed by atoms with Gasteiger partial charge < -0.3 is 5.32 Å². The molecule has 0 spiro atoms. The van der Waals surface area contributed by atoms with Crippen LogP contribution in [0.2, 0.25) is 0 Å². The highest BCUT2D eigenvalue weighted by Gasteiger charge is 2.05. The van der Waals surface area contributed by atoms with E-state index >= 15 is 0 Å². The van der Waals surface area contributed by atoms with E-state index in [-0.39, 0.29) is 0 Å². The van der Waals surface area contributed by atoms with Gasteiger partial charge in [0, 0.05) is 28.4 Å². The number of rotatable bonds is 5. The molecule has 1 aromatic carbocycles. The number of aromatic amines is 1. The van der Waals surface area contributed by atoms with Crippen LogP contribution in [0.4, 0.5) is 14.5 Å². The fourth-order valence-electron chi connectivity index (χ4n) is 1.51. The number of H-pyrrole nitrogens is 1. The Labute approximate surface area is 108 Å². The Morgan fingerprint density at radius 2 is 2.06 bits per heavy atom. The van der Waals surface area contributed by atoms with Crippen molar-refractivity contribution in [3.63, 3.8) is 0 Å². The number of aryl methyl sites for hydroxylation is 1. The Balaban J connectivity index is 1.92. The molecule has 2 aromatic rings. The maximum Gasteiger partial charge on any atom is 0.288 e. The normalized spacial score (nSPS) is 10.9. The molecule has 0 aliphatic heterocycles. The van der Waals surface area contributed by atoms with Crippen molar-refractivity contribution < 1.29 is 8.78 Å². The number of nitrogens with zero attached hydrogens (tertiary/aromatic N) is 1. The molecule has 0 radical (unpaired) electrons. The molecule has 1 aromatic heterocycles. The average Bonchev–Trinajstić information content (AvgIpc) is 2.73. The first-order chi connectivity index (χ1) is 8.65. The number of aromatic nitrogens is 2. The number of hydrogen-bond donors (Lipinski definition) is 2. The van der Waals surface area contributed by atoms with Gasteiger partial charge in [-0.3, -0.25) is 5.10 Å². The van der Waals surface area contributed by atoms with E-state index in [1.54, 1.807) is 30.5 Å². The second-order valence-electron chi connectivity index (χ2n) is 3.78. The van der Waals surface area contributed by atoms with E-state index in [0.29, 0.717) is 23.2 Å². The van der Waals surface area contributed by atoms with Gasteiger partial charge in [0.15, 0.2) is 0 Å². The highest BCUT2D eigenvalue weighted by Crippen LogP contribution is 2.26. The largest absolute Gasteiger partial charge is 0.381 e. The number of anilines is 1. The average molecular weight is 269 g/mol. The molecule has 1 heterocycles. The number of alkyl halides is 2. The molecule has 0 fully saturated rings. The van der Waals surface area contributed by atoms with Gasteiger partial charge in [-0.2, -0.15) is 13.9 Å². The lowest BCUT2D eigenvalue weighted by Crippen LogP contribution is -1.99. The third kappa shape index (κ3) is 3.46. The van der Waals surface area contributed by atoms with Crippen molar-refractivity contribution in [1.82, 2.24) is 10.2 Å². The number of benzene rings is 1. The zero-order valence-electron chi connectivity index (χ0n) is 9.78. The van der Waals surface area contributed by atoms with Gasteiger partial charge in [0.1, 0.15) is 0 Å². The summed E-state index contributed by atoms with van der Waals surface area (Å²) in [4.78, 5) is 0.565. The summed E-state index contributed by atoms with van der Waals surface area (Å²) < 4.78 is 24.3. The predicted molar refractivity (Wildman–Crippen MR) is 69.0 cm³/mol. The fourth-order valence-corrected chi connectivity index (χ4v) is 2.00. The van der Waals surface area contributed by atoms with Crippen molar-refractivity contribution in [2.24, 2.45) is 0 Å². The van der Waals surface area contributed by atoms with E-state index in [1.807, 2.05) is 6.92 Å². The van der Waals surface area contributed by atoms with Gasteiger partial charge in [0.25, 0.3) is 5.76 Å². The molecule has 0 bridgehead atoms. The van der Waals surface area contributed by atoms with E-state index in [2.05, 4.69) is 15.5 Å². The Bertz CT molecular complexity index is 496. The summed E-state index contributed by atoms with van der Waals surface area (Å²) >= 11 is 0.549. The number of hydrogen-bond acceptors (Lipinski definition) is 3.